The summed E-state index contributed by atoms with van der Waals surface area (Å²) in [4.78, 5) is 27.0. The quantitative estimate of drug-likeness (QED) is 0.516. The van der Waals surface area contributed by atoms with Crippen molar-refractivity contribution in [1.29, 1.82) is 0 Å². The van der Waals surface area contributed by atoms with E-state index in [4.69, 9.17) is 4.74 Å². The van der Waals surface area contributed by atoms with E-state index in [-0.39, 0.29) is 10.6 Å². The van der Waals surface area contributed by atoms with Crippen LogP contribution in [0.25, 0.3) is 11.1 Å². The molecule has 0 aliphatic carbocycles. The van der Waals surface area contributed by atoms with E-state index in [0.717, 1.165) is 6.26 Å². The molecule has 1 aliphatic heterocycles. The number of amides is 3. The third kappa shape index (κ3) is 5.49. The fourth-order valence-electron chi connectivity index (χ4n) is 4.17. The zero-order chi connectivity index (χ0) is 25.9. The van der Waals surface area contributed by atoms with E-state index in [0.29, 0.717) is 42.0 Å². The van der Waals surface area contributed by atoms with Crippen molar-refractivity contribution in [3.05, 3.63) is 72.5 Å². The Labute approximate surface area is 209 Å². The predicted molar refractivity (Wildman–Crippen MR) is 135 cm³/mol. The fourth-order valence-corrected chi connectivity index (χ4v) is 5.08. The summed E-state index contributed by atoms with van der Waals surface area (Å²) in [5.74, 6) is -0.436. The normalized spacial score (nSPS) is 15.9. The third-order valence-electron chi connectivity index (χ3n) is 5.93. The van der Waals surface area contributed by atoms with Gasteiger partial charge in [0.05, 0.1) is 17.7 Å². The smallest absolute Gasteiger partial charge is 0.319 e. The Balaban J connectivity index is 1.50. The van der Waals surface area contributed by atoms with Crippen LogP contribution in [0.1, 0.15) is 12.8 Å². The van der Waals surface area contributed by atoms with E-state index < -0.39 is 33.6 Å². The van der Waals surface area contributed by atoms with Gasteiger partial charge in [0.25, 0.3) is 0 Å². The number of methoxy groups -OCH3 is 1. The molecular weight excluding hydrogens is 485 g/mol. The molecule has 8 nitrogen and oxygen atoms in total. The Morgan fingerprint density at radius 3 is 2.47 bits per heavy atom. The number of hydrogen-bond acceptors (Lipinski definition) is 5. The average Bonchev–Trinajstić information content (AvgIpc) is 2.85. The zero-order valence-electron chi connectivity index (χ0n) is 19.8. The maximum Gasteiger partial charge on any atom is 0.319 e. The summed E-state index contributed by atoms with van der Waals surface area (Å²) in [7, 11) is -1.98. The largest absolute Gasteiger partial charge is 0.497 e. The molecular formula is C26H26FN3O5S. The van der Waals surface area contributed by atoms with Crippen LogP contribution in [-0.2, 0) is 14.6 Å². The van der Waals surface area contributed by atoms with Crippen LogP contribution in [0.5, 0.6) is 5.75 Å². The van der Waals surface area contributed by atoms with Gasteiger partial charge >= 0.3 is 6.03 Å². The highest BCUT2D eigenvalue weighted by Crippen LogP contribution is 2.32. The summed E-state index contributed by atoms with van der Waals surface area (Å²) in [6.45, 7) is 0.299. The number of hydrogen-bond donors (Lipinski definition) is 2. The maximum absolute atomic E-state index is 15.2. The number of nitrogens with zero attached hydrogens (tertiary/aromatic N) is 1. The SMILES string of the molecule is COc1ccc(NC(=O)NC2CCCN(c3ccc(-c4ccccc4S(C)(=O)=O)cc3F)C2=O)cc1. The van der Waals surface area contributed by atoms with Crippen LogP contribution >= 0.6 is 0 Å². The van der Waals surface area contributed by atoms with Crippen molar-refractivity contribution in [2.45, 2.75) is 23.8 Å². The number of carbonyl (C=O) groups excluding carboxylic acids is 2. The lowest BCUT2D eigenvalue weighted by molar-refractivity contribution is -0.121. The minimum atomic E-state index is -3.52. The lowest BCUT2D eigenvalue weighted by Gasteiger charge is -2.33. The zero-order valence-corrected chi connectivity index (χ0v) is 20.6. The molecule has 1 unspecified atom stereocenters. The molecule has 1 fully saturated rings. The van der Waals surface area contributed by atoms with Gasteiger partial charge in [-0.25, -0.2) is 17.6 Å². The summed E-state index contributed by atoms with van der Waals surface area (Å²) < 4.78 is 44.6. The number of nitrogens with one attached hydrogen (secondary N) is 2. The molecule has 3 amide bonds. The number of urea groups is 1. The maximum atomic E-state index is 15.2. The van der Waals surface area contributed by atoms with E-state index in [1.807, 2.05) is 0 Å². The minimum absolute atomic E-state index is 0.0719. The number of sulfone groups is 1. The summed E-state index contributed by atoms with van der Waals surface area (Å²) >= 11 is 0. The molecule has 0 aromatic heterocycles. The van der Waals surface area contributed by atoms with Gasteiger partial charge in [-0.2, -0.15) is 0 Å². The number of benzene rings is 3. The highest BCUT2D eigenvalue weighted by molar-refractivity contribution is 7.90. The van der Waals surface area contributed by atoms with Gasteiger partial charge in [-0.1, -0.05) is 24.3 Å². The number of rotatable bonds is 6. The van der Waals surface area contributed by atoms with Crippen LogP contribution in [0.4, 0.5) is 20.6 Å². The van der Waals surface area contributed by atoms with Crippen molar-refractivity contribution in [2.24, 2.45) is 0 Å². The average molecular weight is 512 g/mol. The predicted octanol–water partition coefficient (Wildman–Crippen LogP) is 4.22. The molecule has 2 N–H and O–H groups in total. The Kier molecular flexibility index (Phi) is 7.25. The first-order valence-corrected chi connectivity index (χ1v) is 13.2. The number of carbonyl (C=O) groups is 2. The van der Waals surface area contributed by atoms with Gasteiger partial charge in [-0.05, 0) is 60.9 Å². The highest BCUT2D eigenvalue weighted by atomic mass is 32.2. The van der Waals surface area contributed by atoms with Gasteiger partial charge in [0.15, 0.2) is 9.84 Å². The van der Waals surface area contributed by atoms with E-state index >= 15 is 4.39 Å². The van der Waals surface area contributed by atoms with Crippen molar-refractivity contribution in [2.75, 3.05) is 30.1 Å². The summed E-state index contributed by atoms with van der Waals surface area (Å²) in [5, 5.41) is 5.34. The van der Waals surface area contributed by atoms with Crippen LogP contribution in [0.15, 0.2) is 71.6 Å². The lowest BCUT2D eigenvalue weighted by Crippen LogP contribution is -2.53. The molecule has 3 aromatic carbocycles. The van der Waals surface area contributed by atoms with Crippen molar-refractivity contribution in [3.8, 4) is 16.9 Å². The van der Waals surface area contributed by atoms with Crippen molar-refractivity contribution in [1.82, 2.24) is 5.32 Å². The molecule has 1 saturated heterocycles. The van der Waals surface area contributed by atoms with E-state index in [9.17, 15) is 18.0 Å². The number of piperidine rings is 1. The molecule has 1 heterocycles. The van der Waals surface area contributed by atoms with Gasteiger partial charge in [-0.3, -0.25) is 4.79 Å². The molecule has 0 saturated carbocycles. The molecule has 0 spiro atoms. The summed E-state index contributed by atoms with van der Waals surface area (Å²) in [6, 6.07) is 16.0. The third-order valence-corrected chi connectivity index (χ3v) is 7.08. The van der Waals surface area contributed by atoms with Gasteiger partial charge < -0.3 is 20.3 Å². The Morgan fingerprint density at radius 2 is 1.81 bits per heavy atom. The number of ether oxygens (including phenoxy) is 1. The molecule has 36 heavy (non-hydrogen) atoms. The lowest BCUT2D eigenvalue weighted by atomic mass is 10.0. The second-order valence-corrected chi connectivity index (χ2v) is 10.4. The first kappa shape index (κ1) is 25.2. The minimum Gasteiger partial charge on any atom is -0.497 e. The van der Waals surface area contributed by atoms with Gasteiger partial charge in [0.2, 0.25) is 5.91 Å². The second-order valence-electron chi connectivity index (χ2n) is 8.45. The standard InChI is InChI=1S/C26H26FN3O5S/c1-35-19-12-10-18(11-13-19)28-26(32)29-22-7-5-15-30(25(22)31)23-14-9-17(16-21(23)27)20-6-3-4-8-24(20)36(2,33)34/h3-4,6,8-14,16,22H,5,7,15H2,1-2H3,(H2,28,29,32). The van der Waals surface area contributed by atoms with E-state index in [1.54, 1.807) is 55.6 Å². The van der Waals surface area contributed by atoms with Crippen molar-refractivity contribution >= 4 is 33.2 Å². The van der Waals surface area contributed by atoms with Crippen LogP contribution in [-0.4, -0.2) is 46.3 Å². The number of anilines is 2. The summed E-state index contributed by atoms with van der Waals surface area (Å²) in [6.07, 6.45) is 2.09. The monoisotopic (exact) mass is 511 g/mol. The van der Waals surface area contributed by atoms with Gasteiger partial charge in [0.1, 0.15) is 17.6 Å². The van der Waals surface area contributed by atoms with Crippen molar-refractivity contribution in [3.63, 3.8) is 0 Å². The Morgan fingerprint density at radius 1 is 1.08 bits per heavy atom. The topological polar surface area (TPSA) is 105 Å². The van der Waals surface area contributed by atoms with Crippen LogP contribution in [0, 0.1) is 5.82 Å². The van der Waals surface area contributed by atoms with E-state index in [1.165, 1.54) is 23.1 Å². The summed E-state index contributed by atoms with van der Waals surface area (Å²) in [5.41, 5.74) is 1.37. The van der Waals surface area contributed by atoms with Crippen LogP contribution in [0.3, 0.4) is 0 Å². The van der Waals surface area contributed by atoms with Gasteiger partial charge in [-0.15, -0.1) is 0 Å². The molecule has 1 aliphatic rings. The second kappa shape index (κ2) is 10.4. The van der Waals surface area contributed by atoms with E-state index in [2.05, 4.69) is 10.6 Å². The molecule has 0 radical (unpaired) electrons. The molecule has 3 aromatic rings. The molecule has 0 bridgehead atoms. The molecule has 1 atom stereocenters. The first-order valence-electron chi connectivity index (χ1n) is 11.3. The van der Waals surface area contributed by atoms with Gasteiger partial charge in [0, 0.05) is 24.1 Å². The fraction of sp³-hybridized carbons (Fsp3) is 0.231. The molecule has 10 heteroatoms. The first-order chi connectivity index (χ1) is 17.2. The molecule has 4 rings (SSSR count). The highest BCUT2D eigenvalue weighted by Gasteiger charge is 2.32. The number of halogens is 1. The van der Waals surface area contributed by atoms with Crippen LogP contribution < -0.4 is 20.3 Å². The Hall–Kier alpha value is -3.92. The van der Waals surface area contributed by atoms with Crippen LogP contribution in [0.2, 0.25) is 0 Å². The molecule has 188 valence electrons. The van der Waals surface area contributed by atoms with Crippen molar-refractivity contribution < 1.29 is 27.1 Å². The Bertz CT molecular complexity index is 1390.